The van der Waals surface area contributed by atoms with Crippen molar-refractivity contribution in [3.8, 4) is 0 Å². The summed E-state index contributed by atoms with van der Waals surface area (Å²) in [6.45, 7) is 4.73. The highest BCUT2D eigenvalue weighted by molar-refractivity contribution is 5.99. The number of hydrogen-bond acceptors (Lipinski definition) is 7. The number of piperidine rings is 1. The number of fused-ring (bicyclic) bond motifs is 1. The summed E-state index contributed by atoms with van der Waals surface area (Å²) in [5.74, 6) is -0.275. The van der Waals surface area contributed by atoms with Crippen LogP contribution >= 0.6 is 0 Å². The Kier molecular flexibility index (Phi) is 8.58. The van der Waals surface area contributed by atoms with Gasteiger partial charge in [-0.3, -0.25) is 14.7 Å². The van der Waals surface area contributed by atoms with Gasteiger partial charge in [-0.2, -0.15) is 0 Å². The standard InChI is InChI=1S/C35H38N4O3/c1-38-17-14-31(15-18-38)42-35(41)28-10-8-27(9-11-28)34(40)21-25-4-2-5-26(20-25)23-39-19-13-30(24-39)37-33-7-3-6-29-22-36-16-12-32(29)33/h2-12,16,20,22,30-31,37H,13-15,17-19,21,23-24H2,1H3. The predicted molar refractivity (Wildman–Crippen MR) is 166 cm³/mol. The molecule has 3 heterocycles. The molecule has 0 spiro atoms. The van der Waals surface area contributed by atoms with Gasteiger partial charge in [0.25, 0.3) is 0 Å². The van der Waals surface area contributed by atoms with Crippen LogP contribution in [0.15, 0.2) is 85.2 Å². The van der Waals surface area contributed by atoms with Crippen LogP contribution in [0.3, 0.4) is 0 Å². The van der Waals surface area contributed by atoms with Crippen LogP contribution in [0.4, 0.5) is 5.69 Å². The smallest absolute Gasteiger partial charge is 0.338 e. The number of anilines is 1. The largest absolute Gasteiger partial charge is 0.459 e. The fourth-order valence-electron chi connectivity index (χ4n) is 6.06. The van der Waals surface area contributed by atoms with Crippen molar-refractivity contribution in [2.75, 3.05) is 38.5 Å². The third-order valence-electron chi connectivity index (χ3n) is 8.46. The first kappa shape index (κ1) is 28.1. The lowest BCUT2D eigenvalue weighted by Crippen LogP contribution is -2.35. The molecule has 2 fully saturated rings. The van der Waals surface area contributed by atoms with Gasteiger partial charge in [0.2, 0.25) is 0 Å². The molecule has 7 nitrogen and oxygen atoms in total. The number of carbonyl (C=O) groups is 2. The molecule has 1 unspecified atom stereocenters. The average molecular weight is 563 g/mol. The minimum Gasteiger partial charge on any atom is -0.459 e. The summed E-state index contributed by atoms with van der Waals surface area (Å²) in [5, 5.41) is 6.09. The Bertz CT molecular complexity index is 1540. The summed E-state index contributed by atoms with van der Waals surface area (Å²) < 4.78 is 5.68. The van der Waals surface area contributed by atoms with Crippen LogP contribution in [0.25, 0.3) is 10.8 Å². The fourth-order valence-corrected chi connectivity index (χ4v) is 6.06. The molecule has 0 bridgehead atoms. The fraction of sp³-hybridized carbons (Fsp3) is 0.343. The van der Waals surface area contributed by atoms with Crippen LogP contribution < -0.4 is 5.32 Å². The molecule has 0 amide bonds. The lowest BCUT2D eigenvalue weighted by atomic mass is 10.0. The third kappa shape index (κ3) is 6.86. The first-order chi connectivity index (χ1) is 20.5. The monoisotopic (exact) mass is 562 g/mol. The lowest BCUT2D eigenvalue weighted by Gasteiger charge is -2.28. The van der Waals surface area contributed by atoms with E-state index in [1.54, 1.807) is 24.3 Å². The van der Waals surface area contributed by atoms with Crippen LogP contribution in [0, 0.1) is 0 Å². The molecular weight excluding hydrogens is 524 g/mol. The van der Waals surface area contributed by atoms with Gasteiger partial charge in [-0.25, -0.2) is 4.79 Å². The molecule has 3 aromatic carbocycles. The van der Waals surface area contributed by atoms with Gasteiger partial charge >= 0.3 is 5.97 Å². The van der Waals surface area contributed by atoms with Crippen molar-refractivity contribution in [3.63, 3.8) is 0 Å². The van der Waals surface area contributed by atoms with Gasteiger partial charge in [0.15, 0.2) is 5.78 Å². The van der Waals surface area contributed by atoms with Crippen LogP contribution in [0.5, 0.6) is 0 Å². The number of likely N-dealkylation sites (tertiary alicyclic amines) is 2. The van der Waals surface area contributed by atoms with E-state index in [0.29, 0.717) is 23.6 Å². The van der Waals surface area contributed by atoms with E-state index < -0.39 is 0 Å². The van der Waals surface area contributed by atoms with Crippen molar-refractivity contribution >= 4 is 28.2 Å². The second-order valence-electron chi connectivity index (χ2n) is 11.7. The van der Waals surface area contributed by atoms with Gasteiger partial charge in [-0.05, 0) is 61.7 Å². The molecule has 216 valence electrons. The number of Topliss-reactive ketones (excluding diaryl/α,β-unsaturated/α-hetero) is 1. The number of rotatable bonds is 9. The number of nitrogens with zero attached hydrogens (tertiary/aromatic N) is 3. The van der Waals surface area contributed by atoms with Crippen LogP contribution in [0.1, 0.15) is 51.1 Å². The van der Waals surface area contributed by atoms with Crippen molar-refractivity contribution in [2.24, 2.45) is 0 Å². The summed E-state index contributed by atoms with van der Waals surface area (Å²) in [6, 6.07) is 24.0. The maximum absolute atomic E-state index is 13.1. The Morgan fingerprint density at radius 1 is 0.905 bits per heavy atom. The molecule has 0 aliphatic carbocycles. The topological polar surface area (TPSA) is 74.8 Å². The molecule has 2 aliphatic rings. The molecule has 1 atom stereocenters. The van der Waals surface area contributed by atoms with Crippen LogP contribution in [0.2, 0.25) is 0 Å². The predicted octanol–water partition coefficient (Wildman–Crippen LogP) is 5.60. The van der Waals surface area contributed by atoms with E-state index in [0.717, 1.165) is 68.6 Å². The molecule has 42 heavy (non-hydrogen) atoms. The maximum atomic E-state index is 13.1. The number of aromatic nitrogens is 1. The first-order valence-corrected chi connectivity index (χ1v) is 14.9. The molecule has 6 rings (SSSR count). The number of esters is 1. The van der Waals surface area contributed by atoms with Gasteiger partial charge < -0.3 is 15.0 Å². The van der Waals surface area contributed by atoms with Crippen molar-refractivity contribution in [1.29, 1.82) is 0 Å². The highest BCUT2D eigenvalue weighted by atomic mass is 16.5. The first-order valence-electron chi connectivity index (χ1n) is 14.9. The van der Waals surface area contributed by atoms with Gasteiger partial charge in [0.1, 0.15) is 6.10 Å². The minimum atomic E-state index is -0.315. The number of ketones is 1. The molecule has 4 aromatic rings. The normalized spacial score (nSPS) is 18.3. The molecule has 0 radical (unpaired) electrons. The Hall–Kier alpha value is -4.07. The molecule has 2 saturated heterocycles. The highest BCUT2D eigenvalue weighted by Gasteiger charge is 2.23. The number of pyridine rings is 1. The van der Waals surface area contributed by atoms with E-state index in [4.69, 9.17) is 4.74 Å². The minimum absolute atomic E-state index is 0.0352. The lowest BCUT2D eigenvalue weighted by molar-refractivity contribution is 0.0139. The highest BCUT2D eigenvalue weighted by Crippen LogP contribution is 2.25. The Morgan fingerprint density at radius 3 is 2.50 bits per heavy atom. The zero-order valence-electron chi connectivity index (χ0n) is 24.2. The number of ether oxygens (including phenoxy) is 1. The summed E-state index contributed by atoms with van der Waals surface area (Å²) in [4.78, 5) is 34.6. The van der Waals surface area contributed by atoms with Crippen molar-refractivity contribution in [1.82, 2.24) is 14.8 Å². The quantitative estimate of drug-likeness (QED) is 0.210. The average Bonchev–Trinajstić information content (AvgIpc) is 3.45. The van der Waals surface area contributed by atoms with Crippen LogP contribution in [-0.4, -0.2) is 71.9 Å². The van der Waals surface area contributed by atoms with Gasteiger partial charge in [-0.1, -0.05) is 48.5 Å². The second kappa shape index (κ2) is 12.8. The number of benzene rings is 3. The van der Waals surface area contributed by atoms with Gasteiger partial charge in [-0.15, -0.1) is 0 Å². The van der Waals surface area contributed by atoms with Gasteiger partial charge in [0, 0.05) is 79.6 Å². The Balaban J connectivity index is 1.01. The SMILES string of the molecule is CN1CCC(OC(=O)c2ccc(C(=O)Cc3cccc(CN4CCC(Nc5cccc6cnccc56)C4)c3)cc2)CC1. The van der Waals surface area contributed by atoms with Crippen LogP contribution in [-0.2, 0) is 17.7 Å². The van der Waals surface area contributed by atoms with E-state index in [2.05, 4.69) is 63.5 Å². The van der Waals surface area contributed by atoms with E-state index in [1.165, 1.54) is 10.9 Å². The number of hydrogen-bond donors (Lipinski definition) is 1. The third-order valence-corrected chi connectivity index (χ3v) is 8.46. The number of nitrogens with one attached hydrogen (secondary N) is 1. The van der Waals surface area contributed by atoms with E-state index in [9.17, 15) is 9.59 Å². The Morgan fingerprint density at radius 2 is 1.67 bits per heavy atom. The molecular formula is C35H38N4O3. The van der Waals surface area contributed by atoms with Crippen molar-refractivity contribution in [2.45, 2.75) is 44.4 Å². The number of carbonyl (C=O) groups excluding carboxylic acids is 2. The van der Waals surface area contributed by atoms with E-state index in [1.807, 2.05) is 24.5 Å². The summed E-state index contributed by atoms with van der Waals surface area (Å²) >= 11 is 0. The zero-order valence-corrected chi connectivity index (χ0v) is 24.2. The Labute approximate surface area is 247 Å². The molecule has 2 aliphatic heterocycles. The van der Waals surface area contributed by atoms with E-state index >= 15 is 0 Å². The van der Waals surface area contributed by atoms with Gasteiger partial charge in [0.05, 0.1) is 5.56 Å². The van der Waals surface area contributed by atoms with Crippen molar-refractivity contribution < 1.29 is 14.3 Å². The summed E-state index contributed by atoms with van der Waals surface area (Å²) in [5.41, 5.74) is 4.47. The van der Waals surface area contributed by atoms with Crippen molar-refractivity contribution in [3.05, 3.63) is 107 Å². The zero-order chi connectivity index (χ0) is 28.9. The molecule has 1 N–H and O–H groups in total. The molecule has 7 heteroatoms. The molecule has 0 saturated carbocycles. The summed E-state index contributed by atoms with van der Waals surface area (Å²) in [6.07, 6.45) is 6.84. The summed E-state index contributed by atoms with van der Waals surface area (Å²) in [7, 11) is 2.08. The maximum Gasteiger partial charge on any atom is 0.338 e. The second-order valence-corrected chi connectivity index (χ2v) is 11.7. The van der Waals surface area contributed by atoms with E-state index in [-0.39, 0.29) is 17.9 Å². The molecule has 1 aromatic heterocycles.